The summed E-state index contributed by atoms with van der Waals surface area (Å²) in [6.07, 6.45) is 6.51. The fourth-order valence-corrected chi connectivity index (χ4v) is 6.03. The predicted molar refractivity (Wildman–Crippen MR) is 245 cm³/mol. The maximum absolute atomic E-state index is 14.4. The number of halogens is 1. The zero-order chi connectivity index (χ0) is 45.3. The van der Waals surface area contributed by atoms with Crippen LogP contribution in [-0.2, 0) is 14.4 Å². The molecule has 64 heavy (non-hydrogen) atoms. The number of carbonyl (C=O) groups is 3. The van der Waals surface area contributed by atoms with Crippen molar-refractivity contribution in [3.63, 3.8) is 0 Å². The minimum atomic E-state index is -0.635. The maximum atomic E-state index is 14.4. The number of benzene rings is 4. The van der Waals surface area contributed by atoms with E-state index in [0.29, 0.717) is 65.6 Å². The number of aromatic nitrogens is 4. The molecule has 7 rings (SSSR count). The van der Waals surface area contributed by atoms with Crippen LogP contribution in [-0.4, -0.2) is 76.5 Å². The normalized spacial score (nSPS) is 11.5. The average Bonchev–Trinajstić information content (AvgIpc) is 3.72. The fraction of sp³-hybridized carbons (Fsp3) is 0.152. The lowest BCUT2D eigenvalue weighted by Gasteiger charge is -2.16. The number of carbonyl (C=O) groups excluding carboxylic acids is 3. The van der Waals surface area contributed by atoms with Crippen LogP contribution in [0.3, 0.4) is 0 Å². The predicted octanol–water partition coefficient (Wildman–Crippen LogP) is 8.33. The van der Waals surface area contributed by atoms with E-state index in [1.54, 1.807) is 67.8 Å². The Hall–Kier alpha value is -8.54. The Bertz CT molecular complexity index is 2610. The molecule has 3 heterocycles. The highest BCUT2D eigenvalue weighted by atomic mass is 19.1. The van der Waals surface area contributed by atoms with Crippen molar-refractivity contribution in [3.8, 4) is 17.2 Å². The van der Waals surface area contributed by atoms with E-state index in [1.807, 2.05) is 54.6 Å². The van der Waals surface area contributed by atoms with Crippen molar-refractivity contribution >= 4 is 75.4 Å². The second-order valence-electron chi connectivity index (χ2n) is 13.6. The van der Waals surface area contributed by atoms with Crippen LogP contribution >= 0.6 is 0 Å². The maximum Gasteiger partial charge on any atom is 0.247 e. The van der Waals surface area contributed by atoms with Crippen LogP contribution in [0.1, 0.15) is 12.8 Å². The summed E-state index contributed by atoms with van der Waals surface area (Å²) < 4.78 is 30.7. The number of methoxy groups -OCH3 is 2. The highest BCUT2D eigenvalue weighted by Gasteiger charge is 2.19. The molecule has 17 nitrogen and oxygen atoms in total. The molecule has 1 saturated heterocycles. The van der Waals surface area contributed by atoms with Gasteiger partial charge in [-0.2, -0.15) is 9.97 Å². The van der Waals surface area contributed by atoms with Gasteiger partial charge in [0.15, 0.2) is 23.2 Å². The molecule has 0 unspecified atom stereocenters. The summed E-state index contributed by atoms with van der Waals surface area (Å²) in [4.78, 5) is 53.5. The Morgan fingerprint density at radius 3 is 1.77 bits per heavy atom. The van der Waals surface area contributed by atoms with E-state index in [4.69, 9.17) is 14.2 Å². The van der Waals surface area contributed by atoms with Gasteiger partial charge in [0.25, 0.3) is 0 Å². The van der Waals surface area contributed by atoms with Crippen LogP contribution in [0.4, 0.5) is 62.0 Å². The molecule has 0 saturated carbocycles. The molecule has 1 aliphatic rings. The molecule has 0 spiro atoms. The Labute approximate surface area is 368 Å². The number of amides is 3. The van der Waals surface area contributed by atoms with E-state index in [9.17, 15) is 18.8 Å². The zero-order valence-electron chi connectivity index (χ0n) is 35.1. The van der Waals surface area contributed by atoms with E-state index in [1.165, 1.54) is 6.08 Å². The number of hydrogen-bond donors (Lipinski definition) is 6. The number of nitrogens with one attached hydrogen (secondary N) is 6. The largest absolute Gasteiger partial charge is 0.497 e. The minimum absolute atomic E-state index is 0.0302. The summed E-state index contributed by atoms with van der Waals surface area (Å²) in [6.45, 7) is 8.58. The molecule has 6 aromatic rings. The first kappa shape index (κ1) is 45.0. The molecule has 0 atom stereocenters. The molecule has 6 N–H and O–H groups in total. The van der Waals surface area contributed by atoms with Gasteiger partial charge in [0.05, 0.1) is 33.2 Å². The van der Waals surface area contributed by atoms with E-state index >= 15 is 0 Å². The Kier molecular flexibility index (Phi) is 15.7. The monoisotopic (exact) mass is 867 g/mol. The summed E-state index contributed by atoms with van der Waals surface area (Å²) in [5.41, 5.74) is 3.85. The van der Waals surface area contributed by atoms with Gasteiger partial charge in [0, 0.05) is 59.2 Å². The molecule has 2 aromatic heterocycles. The van der Waals surface area contributed by atoms with Gasteiger partial charge in [-0.05, 0) is 79.2 Å². The summed E-state index contributed by atoms with van der Waals surface area (Å²) in [5, 5.41) is 17.6. The van der Waals surface area contributed by atoms with Gasteiger partial charge in [-0.1, -0.05) is 37.4 Å². The number of rotatable bonds is 18. The molecule has 1 aliphatic heterocycles. The Morgan fingerprint density at radius 2 is 1.20 bits per heavy atom. The average molecular weight is 868 g/mol. The summed E-state index contributed by atoms with van der Waals surface area (Å²) >= 11 is 0. The van der Waals surface area contributed by atoms with E-state index in [0.717, 1.165) is 42.4 Å². The van der Waals surface area contributed by atoms with Gasteiger partial charge >= 0.3 is 0 Å². The van der Waals surface area contributed by atoms with Crippen LogP contribution in [0, 0.1) is 5.82 Å². The molecule has 4 aromatic carbocycles. The fourth-order valence-electron chi connectivity index (χ4n) is 6.03. The molecule has 0 aliphatic carbocycles. The van der Waals surface area contributed by atoms with Crippen molar-refractivity contribution in [1.82, 2.24) is 24.8 Å². The lowest BCUT2D eigenvalue weighted by molar-refractivity contribution is -0.128. The van der Waals surface area contributed by atoms with Crippen molar-refractivity contribution in [2.24, 2.45) is 0 Å². The van der Waals surface area contributed by atoms with Gasteiger partial charge in [-0.15, -0.1) is 0 Å². The summed E-state index contributed by atoms with van der Waals surface area (Å²) in [7, 11) is 3.15. The third-order valence-corrected chi connectivity index (χ3v) is 9.09. The van der Waals surface area contributed by atoms with Gasteiger partial charge in [-0.3, -0.25) is 14.4 Å². The quantitative estimate of drug-likeness (QED) is 0.0450. The number of nitrogens with zero attached hydrogens (tertiary/aromatic N) is 5. The first-order valence-electron chi connectivity index (χ1n) is 19.8. The molecule has 18 heteroatoms. The molecule has 3 amide bonds. The molecular weight excluding hydrogens is 822 g/mol. The second-order valence-corrected chi connectivity index (χ2v) is 13.6. The van der Waals surface area contributed by atoms with Gasteiger partial charge in [0.1, 0.15) is 18.1 Å². The topological polar surface area (TPSA) is 206 Å². The van der Waals surface area contributed by atoms with E-state index < -0.39 is 5.82 Å². The van der Waals surface area contributed by atoms with Crippen molar-refractivity contribution < 1.29 is 33.0 Å². The lowest BCUT2D eigenvalue weighted by Crippen LogP contribution is -2.29. The number of hydrogen-bond acceptors (Lipinski definition) is 14. The second kappa shape index (κ2) is 22.3. The smallest absolute Gasteiger partial charge is 0.247 e. The Morgan fingerprint density at radius 1 is 0.688 bits per heavy atom. The number of anilines is 10. The highest BCUT2D eigenvalue weighted by Crippen LogP contribution is 2.29. The van der Waals surface area contributed by atoms with Crippen molar-refractivity contribution in [3.05, 3.63) is 141 Å². The molecule has 1 fully saturated rings. The Balaban J connectivity index is 0.000000216. The van der Waals surface area contributed by atoms with Crippen LogP contribution in [0.5, 0.6) is 17.2 Å². The lowest BCUT2D eigenvalue weighted by atomic mass is 10.2. The molecule has 0 radical (unpaired) electrons. The number of likely N-dealkylation sites (tertiary alicyclic amines) is 1. The van der Waals surface area contributed by atoms with Crippen LogP contribution < -0.4 is 46.1 Å². The first-order valence-corrected chi connectivity index (χ1v) is 19.8. The summed E-state index contributed by atoms with van der Waals surface area (Å²) in [5.74, 6) is 1.73. The van der Waals surface area contributed by atoms with E-state index in [-0.39, 0.29) is 29.5 Å². The summed E-state index contributed by atoms with van der Waals surface area (Å²) in [6, 6.07) is 28.6. The SMILES string of the molecule is C=CC(=O)Nc1cccc(Nc2nc(Nc3cccc(OC)c3)ncc2OC)c1.C=CC(=O)Nc1cccc(Nc2nc(Nc3cccc(OCCN4CCCC4=O)c3)ncc2F)c1. The molecule has 328 valence electrons. The standard InChI is InChI=1S/C25H25FN6O3.C21H21N5O3/c1-2-22(33)28-17-6-3-7-18(14-17)29-24-21(26)16-27-25(31-24)30-19-8-4-9-20(15-19)35-13-12-32-11-5-10-23(32)34;1-4-19(27)23-14-7-5-8-15(11-14)24-20-18(29-3)13-22-21(26-20)25-16-9-6-10-17(12-16)28-2/h2-4,6-9,14-16H,1,5,10-13H2,(H,28,33)(H2,27,29,30,31);4-13H,1H2,2-3H3,(H,23,27)(H2,22,24,25,26). The zero-order valence-corrected chi connectivity index (χ0v) is 35.1. The van der Waals surface area contributed by atoms with Crippen LogP contribution in [0.2, 0.25) is 0 Å². The molecule has 0 bridgehead atoms. The van der Waals surface area contributed by atoms with Crippen molar-refractivity contribution in [1.29, 1.82) is 0 Å². The van der Waals surface area contributed by atoms with E-state index in [2.05, 4.69) is 65.0 Å². The van der Waals surface area contributed by atoms with Gasteiger partial charge in [0.2, 0.25) is 29.6 Å². The van der Waals surface area contributed by atoms with Crippen LogP contribution in [0.25, 0.3) is 0 Å². The minimum Gasteiger partial charge on any atom is -0.497 e. The van der Waals surface area contributed by atoms with Gasteiger partial charge < -0.3 is 51.0 Å². The third-order valence-electron chi connectivity index (χ3n) is 9.09. The third kappa shape index (κ3) is 13.2. The van der Waals surface area contributed by atoms with Crippen LogP contribution in [0.15, 0.2) is 135 Å². The molecular formula is C46H46FN11O6. The van der Waals surface area contributed by atoms with Gasteiger partial charge in [-0.25, -0.2) is 14.4 Å². The highest BCUT2D eigenvalue weighted by molar-refractivity contribution is 5.99. The van der Waals surface area contributed by atoms with Crippen molar-refractivity contribution in [2.75, 3.05) is 65.8 Å². The van der Waals surface area contributed by atoms with Crippen molar-refractivity contribution in [2.45, 2.75) is 12.8 Å². The first-order chi connectivity index (χ1) is 31.1. The number of ether oxygens (including phenoxy) is 3.